The quantitative estimate of drug-likeness (QED) is 0.932. The van der Waals surface area contributed by atoms with Crippen LogP contribution in [0, 0.1) is 6.92 Å². The number of rotatable bonds is 3. The van der Waals surface area contributed by atoms with Crippen molar-refractivity contribution in [1.29, 1.82) is 0 Å². The van der Waals surface area contributed by atoms with Gasteiger partial charge in [0.2, 0.25) is 0 Å². The largest absolute Gasteiger partial charge is 0.478 e. The van der Waals surface area contributed by atoms with Crippen LogP contribution in [0.5, 0.6) is 0 Å². The van der Waals surface area contributed by atoms with E-state index in [1.165, 1.54) is 0 Å². The Kier molecular flexibility index (Phi) is 3.65. The SMILES string of the molecule is Cc1c(C(=O)O)cc2cncn2c1C(C)N1CCOCC1. The number of pyridine rings is 1. The highest BCUT2D eigenvalue weighted by atomic mass is 16.5. The Labute approximate surface area is 123 Å². The van der Waals surface area contributed by atoms with E-state index in [-0.39, 0.29) is 6.04 Å². The fraction of sp³-hybridized carbons (Fsp3) is 0.467. The first-order chi connectivity index (χ1) is 10.1. The van der Waals surface area contributed by atoms with Gasteiger partial charge >= 0.3 is 5.97 Å². The third kappa shape index (κ3) is 2.41. The fourth-order valence-corrected chi connectivity index (χ4v) is 3.06. The van der Waals surface area contributed by atoms with Crippen LogP contribution in [0.15, 0.2) is 18.6 Å². The van der Waals surface area contributed by atoms with Crippen LogP contribution < -0.4 is 0 Å². The number of hydrogen-bond donors (Lipinski definition) is 1. The number of fused-ring (bicyclic) bond motifs is 1. The molecule has 0 saturated carbocycles. The maximum absolute atomic E-state index is 11.5. The lowest BCUT2D eigenvalue weighted by Crippen LogP contribution is -2.39. The van der Waals surface area contributed by atoms with E-state index in [1.54, 1.807) is 18.6 Å². The number of nitrogens with zero attached hydrogens (tertiary/aromatic N) is 3. The molecule has 0 aromatic carbocycles. The van der Waals surface area contributed by atoms with Crippen molar-refractivity contribution in [2.24, 2.45) is 0 Å². The smallest absolute Gasteiger partial charge is 0.336 e. The van der Waals surface area contributed by atoms with Gasteiger partial charge in [0.25, 0.3) is 0 Å². The monoisotopic (exact) mass is 289 g/mol. The van der Waals surface area contributed by atoms with Crippen LogP contribution in [-0.2, 0) is 4.74 Å². The maximum Gasteiger partial charge on any atom is 0.336 e. The van der Waals surface area contributed by atoms with Crippen molar-refractivity contribution in [3.63, 3.8) is 0 Å². The van der Waals surface area contributed by atoms with E-state index in [0.29, 0.717) is 5.56 Å². The second kappa shape index (κ2) is 5.46. The van der Waals surface area contributed by atoms with Gasteiger partial charge in [-0.25, -0.2) is 9.78 Å². The Morgan fingerprint density at radius 1 is 1.43 bits per heavy atom. The normalized spacial score (nSPS) is 18.0. The van der Waals surface area contributed by atoms with Crippen molar-refractivity contribution in [1.82, 2.24) is 14.3 Å². The highest BCUT2D eigenvalue weighted by molar-refractivity contribution is 5.91. The zero-order valence-corrected chi connectivity index (χ0v) is 12.2. The molecule has 0 radical (unpaired) electrons. The molecule has 21 heavy (non-hydrogen) atoms. The lowest BCUT2D eigenvalue weighted by Gasteiger charge is -2.33. The van der Waals surface area contributed by atoms with Crippen molar-refractivity contribution in [2.75, 3.05) is 26.3 Å². The van der Waals surface area contributed by atoms with Crippen LogP contribution in [0.4, 0.5) is 0 Å². The van der Waals surface area contributed by atoms with E-state index >= 15 is 0 Å². The second-order valence-corrected chi connectivity index (χ2v) is 5.39. The minimum Gasteiger partial charge on any atom is -0.478 e. The molecule has 0 bridgehead atoms. The summed E-state index contributed by atoms with van der Waals surface area (Å²) < 4.78 is 7.38. The molecule has 112 valence electrons. The van der Waals surface area contributed by atoms with E-state index in [9.17, 15) is 9.90 Å². The predicted octanol–water partition coefficient (Wildman–Crippen LogP) is 1.73. The number of aromatic nitrogens is 2. The van der Waals surface area contributed by atoms with Crippen LogP contribution in [0.2, 0.25) is 0 Å². The molecule has 0 spiro atoms. The number of carboxylic acid groups (broad SMARTS) is 1. The minimum atomic E-state index is -0.897. The number of ether oxygens (including phenoxy) is 1. The van der Waals surface area contributed by atoms with Gasteiger partial charge in [-0.1, -0.05) is 0 Å². The lowest BCUT2D eigenvalue weighted by molar-refractivity contribution is 0.0187. The zero-order valence-electron chi connectivity index (χ0n) is 12.2. The third-order valence-corrected chi connectivity index (χ3v) is 4.23. The molecule has 6 heteroatoms. The summed E-state index contributed by atoms with van der Waals surface area (Å²) in [6.07, 6.45) is 3.45. The van der Waals surface area contributed by atoms with Gasteiger partial charge in [0.05, 0.1) is 36.8 Å². The Hall–Kier alpha value is -1.92. The number of hydrogen-bond acceptors (Lipinski definition) is 4. The first-order valence-electron chi connectivity index (χ1n) is 7.10. The predicted molar refractivity (Wildman–Crippen MR) is 77.7 cm³/mol. The molecule has 1 atom stereocenters. The Morgan fingerprint density at radius 3 is 2.81 bits per heavy atom. The number of morpholine rings is 1. The van der Waals surface area contributed by atoms with Crippen LogP contribution in [0.1, 0.15) is 34.6 Å². The van der Waals surface area contributed by atoms with Gasteiger partial charge in [-0.05, 0) is 25.5 Å². The molecule has 0 amide bonds. The van der Waals surface area contributed by atoms with E-state index in [4.69, 9.17) is 4.74 Å². The van der Waals surface area contributed by atoms with Gasteiger partial charge in [-0.2, -0.15) is 0 Å². The van der Waals surface area contributed by atoms with Crippen molar-refractivity contribution in [3.8, 4) is 0 Å². The molecular weight excluding hydrogens is 270 g/mol. The molecule has 1 aliphatic heterocycles. The molecule has 1 saturated heterocycles. The summed E-state index contributed by atoms with van der Waals surface area (Å²) in [5.74, 6) is -0.897. The first kappa shape index (κ1) is 14.0. The Morgan fingerprint density at radius 2 is 2.14 bits per heavy atom. The average Bonchev–Trinajstić information content (AvgIpc) is 2.94. The molecular formula is C15H19N3O3. The lowest BCUT2D eigenvalue weighted by atomic mass is 10.0. The average molecular weight is 289 g/mol. The van der Waals surface area contributed by atoms with Gasteiger partial charge in [0.15, 0.2) is 0 Å². The molecule has 1 fully saturated rings. The highest BCUT2D eigenvalue weighted by Gasteiger charge is 2.24. The summed E-state index contributed by atoms with van der Waals surface area (Å²) in [7, 11) is 0. The summed E-state index contributed by atoms with van der Waals surface area (Å²) >= 11 is 0. The molecule has 1 aliphatic rings. The van der Waals surface area contributed by atoms with Crippen molar-refractivity contribution in [3.05, 3.63) is 35.4 Å². The van der Waals surface area contributed by atoms with Gasteiger partial charge in [0, 0.05) is 24.8 Å². The molecule has 3 heterocycles. The molecule has 3 rings (SSSR count). The minimum absolute atomic E-state index is 0.116. The number of carboxylic acids is 1. The van der Waals surface area contributed by atoms with Crippen LogP contribution in [0.25, 0.3) is 5.52 Å². The molecule has 1 unspecified atom stereocenters. The summed E-state index contributed by atoms with van der Waals surface area (Å²) in [6.45, 7) is 7.13. The topological polar surface area (TPSA) is 67.1 Å². The third-order valence-electron chi connectivity index (χ3n) is 4.23. The second-order valence-electron chi connectivity index (χ2n) is 5.39. The van der Waals surface area contributed by atoms with Crippen LogP contribution in [0.3, 0.4) is 0 Å². The fourth-order valence-electron chi connectivity index (χ4n) is 3.06. The van der Waals surface area contributed by atoms with Crippen molar-refractivity contribution >= 4 is 11.5 Å². The molecule has 6 nitrogen and oxygen atoms in total. The zero-order chi connectivity index (χ0) is 15.0. The van der Waals surface area contributed by atoms with E-state index in [2.05, 4.69) is 16.8 Å². The van der Waals surface area contributed by atoms with Crippen LogP contribution in [-0.4, -0.2) is 51.7 Å². The molecule has 2 aromatic heterocycles. The molecule has 1 N–H and O–H groups in total. The summed E-state index contributed by atoms with van der Waals surface area (Å²) in [4.78, 5) is 17.9. The van der Waals surface area contributed by atoms with Gasteiger partial charge in [-0.3, -0.25) is 4.90 Å². The van der Waals surface area contributed by atoms with E-state index in [1.807, 2.05) is 11.3 Å². The number of aromatic carboxylic acids is 1. The van der Waals surface area contributed by atoms with Crippen LogP contribution >= 0.6 is 0 Å². The maximum atomic E-state index is 11.5. The van der Waals surface area contributed by atoms with E-state index < -0.39 is 5.97 Å². The summed E-state index contributed by atoms with van der Waals surface area (Å²) in [5, 5.41) is 9.42. The van der Waals surface area contributed by atoms with Crippen molar-refractivity contribution in [2.45, 2.75) is 19.9 Å². The highest BCUT2D eigenvalue weighted by Crippen LogP contribution is 2.28. The Balaban J connectivity index is 2.12. The first-order valence-corrected chi connectivity index (χ1v) is 7.10. The van der Waals surface area contributed by atoms with Gasteiger partial charge in [-0.15, -0.1) is 0 Å². The van der Waals surface area contributed by atoms with Gasteiger partial charge < -0.3 is 14.2 Å². The standard InChI is InChI=1S/C15H19N3O3/c1-10-13(15(19)20)7-12-8-16-9-18(12)14(10)11(2)17-3-5-21-6-4-17/h7-9,11H,3-6H2,1-2H3,(H,19,20). The summed E-state index contributed by atoms with van der Waals surface area (Å²) in [6, 6.07) is 1.80. The Bertz CT molecular complexity index is 674. The van der Waals surface area contributed by atoms with Crippen molar-refractivity contribution < 1.29 is 14.6 Å². The summed E-state index contributed by atoms with van der Waals surface area (Å²) in [5.41, 5.74) is 2.95. The van der Waals surface area contributed by atoms with Gasteiger partial charge in [0.1, 0.15) is 0 Å². The number of imidazole rings is 1. The molecule has 0 aliphatic carbocycles. The van der Waals surface area contributed by atoms with E-state index in [0.717, 1.165) is 43.1 Å². The number of carbonyl (C=O) groups is 1. The molecule has 2 aromatic rings.